The first-order valence-corrected chi connectivity index (χ1v) is 8.46. The van der Waals surface area contributed by atoms with Gasteiger partial charge in [-0.2, -0.15) is 0 Å². The van der Waals surface area contributed by atoms with Crippen LogP contribution >= 0.6 is 22.9 Å². The summed E-state index contributed by atoms with van der Waals surface area (Å²) >= 11 is 7.47. The molecule has 20 heavy (non-hydrogen) atoms. The van der Waals surface area contributed by atoms with E-state index >= 15 is 0 Å². The molecular weight excluding hydrogens is 294 g/mol. The van der Waals surface area contributed by atoms with Crippen LogP contribution in [0.1, 0.15) is 37.5 Å². The highest BCUT2D eigenvalue weighted by Crippen LogP contribution is 2.32. The van der Waals surface area contributed by atoms with Crippen LogP contribution in [0.3, 0.4) is 0 Å². The minimum Gasteiger partial charge on any atom is -0.338 e. The Balaban J connectivity index is 1.70. The van der Waals surface area contributed by atoms with Gasteiger partial charge in [-0.25, -0.2) is 4.98 Å². The summed E-state index contributed by atoms with van der Waals surface area (Å²) in [6.45, 7) is 4.65. The topological polar surface area (TPSA) is 36.4 Å². The van der Waals surface area contributed by atoms with Crippen LogP contribution in [0.15, 0.2) is 6.20 Å². The molecule has 0 bridgehead atoms. The quantitative estimate of drug-likeness (QED) is 0.861. The number of hydrogen-bond acceptors (Lipinski definition) is 4. The Morgan fingerprint density at radius 2 is 2.15 bits per heavy atom. The Bertz CT molecular complexity index is 493. The summed E-state index contributed by atoms with van der Waals surface area (Å²) < 4.78 is 0.613. The number of hydrogen-bond donors (Lipinski definition) is 0. The van der Waals surface area contributed by atoms with Crippen molar-refractivity contribution in [3.63, 3.8) is 0 Å². The average molecular weight is 314 g/mol. The Hall–Kier alpha value is -0.650. The van der Waals surface area contributed by atoms with Crippen molar-refractivity contribution >= 4 is 28.8 Å². The van der Waals surface area contributed by atoms with Crippen molar-refractivity contribution in [2.75, 3.05) is 13.1 Å². The first-order valence-electron chi connectivity index (χ1n) is 7.26. The van der Waals surface area contributed by atoms with Crippen molar-refractivity contribution in [3.05, 3.63) is 15.5 Å². The normalized spacial score (nSPS) is 27.4. The van der Waals surface area contributed by atoms with E-state index in [4.69, 9.17) is 11.6 Å². The lowest BCUT2D eigenvalue weighted by Crippen LogP contribution is -2.47. The van der Waals surface area contributed by atoms with Crippen LogP contribution in [0, 0.1) is 0 Å². The smallest absolute Gasteiger partial charge is 0.219 e. The Labute approximate surface area is 128 Å². The van der Waals surface area contributed by atoms with Crippen molar-refractivity contribution in [1.29, 1.82) is 0 Å². The van der Waals surface area contributed by atoms with Gasteiger partial charge in [-0.1, -0.05) is 11.6 Å². The highest BCUT2D eigenvalue weighted by Gasteiger charge is 2.38. The van der Waals surface area contributed by atoms with Gasteiger partial charge in [0.25, 0.3) is 0 Å². The molecule has 6 heteroatoms. The Kier molecular flexibility index (Phi) is 4.29. The van der Waals surface area contributed by atoms with Crippen molar-refractivity contribution in [2.24, 2.45) is 0 Å². The lowest BCUT2D eigenvalue weighted by molar-refractivity contribution is -0.130. The van der Waals surface area contributed by atoms with Crippen molar-refractivity contribution < 1.29 is 4.79 Å². The lowest BCUT2D eigenvalue weighted by Gasteiger charge is -2.34. The summed E-state index contributed by atoms with van der Waals surface area (Å²) in [4.78, 5) is 21.7. The molecule has 3 rings (SSSR count). The molecule has 0 unspecified atom stereocenters. The van der Waals surface area contributed by atoms with E-state index < -0.39 is 0 Å². The van der Waals surface area contributed by atoms with Gasteiger partial charge >= 0.3 is 0 Å². The molecule has 1 aromatic rings. The number of likely N-dealkylation sites (tertiary alicyclic amines) is 2. The zero-order chi connectivity index (χ0) is 14.1. The number of thiazole rings is 1. The van der Waals surface area contributed by atoms with E-state index in [0.29, 0.717) is 16.6 Å². The molecule has 2 fully saturated rings. The fraction of sp³-hybridized carbons (Fsp3) is 0.714. The Morgan fingerprint density at radius 1 is 1.40 bits per heavy atom. The van der Waals surface area contributed by atoms with E-state index in [-0.39, 0.29) is 5.91 Å². The molecule has 3 heterocycles. The summed E-state index contributed by atoms with van der Waals surface area (Å²) in [5, 5.41) is 0. The SMILES string of the molecule is CC(=O)N1CCC[C@H]1[C@@H]1CCCN1Cc1cnc(Cl)s1. The highest BCUT2D eigenvalue weighted by atomic mass is 35.5. The molecular formula is C14H20ClN3OS. The number of carbonyl (C=O) groups is 1. The molecule has 0 saturated carbocycles. The molecule has 2 saturated heterocycles. The van der Waals surface area contributed by atoms with Gasteiger partial charge in [0.2, 0.25) is 5.91 Å². The number of halogens is 1. The maximum atomic E-state index is 11.8. The second-order valence-corrected chi connectivity index (χ2v) is 7.38. The molecule has 110 valence electrons. The summed E-state index contributed by atoms with van der Waals surface area (Å²) in [6, 6.07) is 0.903. The van der Waals surface area contributed by atoms with Gasteiger partial charge < -0.3 is 4.90 Å². The molecule has 1 aromatic heterocycles. The second kappa shape index (κ2) is 6.00. The third-order valence-electron chi connectivity index (χ3n) is 4.45. The zero-order valence-electron chi connectivity index (χ0n) is 11.7. The number of amides is 1. The molecule has 4 nitrogen and oxygen atoms in total. The van der Waals surface area contributed by atoms with Crippen LogP contribution in [-0.4, -0.2) is 45.9 Å². The first-order chi connectivity index (χ1) is 9.65. The molecule has 2 aliphatic rings. The van der Waals surface area contributed by atoms with Gasteiger partial charge in [-0.05, 0) is 32.2 Å². The van der Waals surface area contributed by atoms with Crippen molar-refractivity contribution in [2.45, 2.75) is 51.2 Å². The molecule has 0 aliphatic carbocycles. The maximum absolute atomic E-state index is 11.8. The summed E-state index contributed by atoms with van der Waals surface area (Å²) in [5.74, 6) is 0.222. The van der Waals surface area contributed by atoms with Gasteiger partial charge in [0.05, 0.1) is 0 Å². The van der Waals surface area contributed by atoms with E-state index in [1.54, 1.807) is 18.3 Å². The molecule has 0 N–H and O–H groups in total. The van der Waals surface area contributed by atoms with Crippen molar-refractivity contribution in [1.82, 2.24) is 14.8 Å². The lowest BCUT2D eigenvalue weighted by atomic mass is 10.0. The van der Waals surface area contributed by atoms with Gasteiger partial charge in [0.15, 0.2) is 4.47 Å². The summed E-state index contributed by atoms with van der Waals surface area (Å²) in [5.41, 5.74) is 0. The van der Waals surface area contributed by atoms with Crippen LogP contribution in [-0.2, 0) is 11.3 Å². The standard InChI is InChI=1S/C14H20ClN3OS/c1-10(19)18-7-3-5-13(18)12-4-2-6-17(12)9-11-8-16-14(15)20-11/h8,12-13H,2-7,9H2,1H3/t12-,13-/m0/s1. The van der Waals surface area contributed by atoms with Crippen molar-refractivity contribution in [3.8, 4) is 0 Å². The molecule has 2 atom stereocenters. The first kappa shape index (κ1) is 14.3. The number of rotatable bonds is 3. The predicted octanol–water partition coefficient (Wildman–Crippen LogP) is 2.77. The van der Waals surface area contributed by atoms with E-state index in [9.17, 15) is 4.79 Å². The molecule has 1 amide bonds. The molecule has 0 radical (unpaired) electrons. The van der Waals surface area contributed by atoms with Gasteiger partial charge in [-0.15, -0.1) is 11.3 Å². The van der Waals surface area contributed by atoms with Crippen LogP contribution in [0.4, 0.5) is 0 Å². The Morgan fingerprint density at radius 3 is 2.85 bits per heavy atom. The van der Waals surface area contributed by atoms with Crippen LogP contribution in [0.2, 0.25) is 4.47 Å². The fourth-order valence-corrected chi connectivity index (χ4v) is 4.63. The average Bonchev–Trinajstić information content (AvgIpc) is 3.09. The molecule has 0 spiro atoms. The molecule has 2 aliphatic heterocycles. The third kappa shape index (κ3) is 2.85. The zero-order valence-corrected chi connectivity index (χ0v) is 13.3. The van der Waals surface area contributed by atoms with Gasteiger partial charge in [0, 0.05) is 43.2 Å². The van der Waals surface area contributed by atoms with Crippen LogP contribution < -0.4 is 0 Å². The number of carbonyl (C=O) groups excluding carboxylic acids is 1. The predicted molar refractivity (Wildman–Crippen MR) is 81.0 cm³/mol. The number of nitrogens with zero attached hydrogens (tertiary/aromatic N) is 3. The second-order valence-electron chi connectivity index (χ2n) is 5.68. The fourth-order valence-electron chi connectivity index (χ4n) is 3.62. The number of aromatic nitrogens is 1. The van der Waals surface area contributed by atoms with Gasteiger partial charge in [-0.3, -0.25) is 9.69 Å². The minimum absolute atomic E-state index is 0.222. The largest absolute Gasteiger partial charge is 0.338 e. The highest BCUT2D eigenvalue weighted by molar-refractivity contribution is 7.15. The monoisotopic (exact) mass is 313 g/mol. The van der Waals surface area contributed by atoms with Crippen LogP contribution in [0.25, 0.3) is 0 Å². The van der Waals surface area contributed by atoms with E-state index in [1.165, 1.54) is 17.7 Å². The van der Waals surface area contributed by atoms with Gasteiger partial charge in [0.1, 0.15) is 0 Å². The maximum Gasteiger partial charge on any atom is 0.219 e. The minimum atomic E-state index is 0.222. The van der Waals surface area contributed by atoms with E-state index in [2.05, 4.69) is 14.8 Å². The van der Waals surface area contributed by atoms with Crippen LogP contribution in [0.5, 0.6) is 0 Å². The molecule has 0 aromatic carbocycles. The third-order valence-corrected chi connectivity index (χ3v) is 5.55. The van der Waals surface area contributed by atoms with E-state index in [0.717, 1.165) is 32.5 Å². The summed E-state index contributed by atoms with van der Waals surface area (Å²) in [6.07, 6.45) is 6.57. The summed E-state index contributed by atoms with van der Waals surface area (Å²) in [7, 11) is 0. The van der Waals surface area contributed by atoms with E-state index in [1.807, 2.05) is 6.20 Å².